The fraction of sp³-hybridized carbons (Fsp3) is 0.692. The van der Waals surface area contributed by atoms with Gasteiger partial charge in [-0.3, -0.25) is 0 Å². The molecule has 0 bridgehead atoms. The van der Waals surface area contributed by atoms with E-state index in [9.17, 15) is 9.90 Å². The van der Waals surface area contributed by atoms with Crippen LogP contribution in [-0.4, -0.2) is 28.8 Å². The van der Waals surface area contributed by atoms with Crippen LogP contribution in [0.15, 0.2) is 10.8 Å². The molecule has 6 heteroatoms. The van der Waals surface area contributed by atoms with Crippen molar-refractivity contribution in [3.05, 3.63) is 17.8 Å². The van der Waals surface area contributed by atoms with Gasteiger partial charge in [-0.2, -0.15) is 0 Å². The minimum atomic E-state index is -0.505. The average molecular weight is 269 g/mol. The maximum absolute atomic E-state index is 11.6. The molecule has 0 aliphatic heterocycles. The number of aromatic nitrogens is 1. The van der Waals surface area contributed by atoms with Crippen molar-refractivity contribution >= 4 is 6.03 Å². The van der Waals surface area contributed by atoms with Crippen LogP contribution < -0.4 is 10.6 Å². The molecule has 1 rings (SSSR count). The van der Waals surface area contributed by atoms with Gasteiger partial charge in [-0.15, -0.1) is 0 Å². The van der Waals surface area contributed by atoms with Gasteiger partial charge in [0.1, 0.15) is 11.5 Å². The van der Waals surface area contributed by atoms with E-state index in [0.29, 0.717) is 18.0 Å². The molecule has 1 unspecified atom stereocenters. The number of aryl methyl sites for hydroxylation is 1. The van der Waals surface area contributed by atoms with Crippen molar-refractivity contribution in [1.82, 2.24) is 15.6 Å². The number of urea groups is 1. The summed E-state index contributed by atoms with van der Waals surface area (Å²) in [7, 11) is 0. The van der Waals surface area contributed by atoms with Gasteiger partial charge < -0.3 is 20.2 Å². The molecule has 1 heterocycles. The van der Waals surface area contributed by atoms with E-state index in [-0.39, 0.29) is 18.5 Å². The number of hydrogen-bond donors (Lipinski definition) is 3. The Balaban J connectivity index is 2.26. The highest BCUT2D eigenvalue weighted by atomic mass is 16.3. The number of oxazole rings is 1. The van der Waals surface area contributed by atoms with Gasteiger partial charge >= 0.3 is 6.03 Å². The monoisotopic (exact) mass is 269 g/mol. The predicted molar refractivity (Wildman–Crippen MR) is 71.6 cm³/mol. The van der Waals surface area contributed by atoms with Crippen molar-refractivity contribution in [3.63, 3.8) is 0 Å². The van der Waals surface area contributed by atoms with Crippen LogP contribution in [0.5, 0.6) is 0 Å². The number of aliphatic hydroxyl groups excluding tert-OH is 1. The number of carbonyl (C=O) groups is 1. The van der Waals surface area contributed by atoms with E-state index in [2.05, 4.69) is 15.6 Å². The van der Waals surface area contributed by atoms with Crippen LogP contribution in [0.2, 0.25) is 0 Å². The van der Waals surface area contributed by atoms with Crippen molar-refractivity contribution in [3.8, 4) is 0 Å². The van der Waals surface area contributed by atoms with Crippen molar-refractivity contribution < 1.29 is 14.3 Å². The number of carbonyl (C=O) groups excluding carboxylic acids is 1. The topological polar surface area (TPSA) is 87.4 Å². The van der Waals surface area contributed by atoms with Gasteiger partial charge in [0.2, 0.25) is 0 Å². The van der Waals surface area contributed by atoms with Gasteiger partial charge in [0.05, 0.1) is 12.6 Å². The first-order chi connectivity index (χ1) is 9.08. The molecule has 3 N–H and O–H groups in total. The lowest BCUT2D eigenvalue weighted by Gasteiger charge is -2.20. The smallest absolute Gasteiger partial charge is 0.315 e. The normalized spacial score (nSPS) is 12.5. The van der Waals surface area contributed by atoms with Crippen LogP contribution in [0.1, 0.15) is 38.1 Å². The van der Waals surface area contributed by atoms with E-state index in [1.165, 1.54) is 6.39 Å². The zero-order valence-corrected chi connectivity index (χ0v) is 11.8. The maximum atomic E-state index is 11.6. The molecule has 6 nitrogen and oxygen atoms in total. The van der Waals surface area contributed by atoms with E-state index in [1.807, 2.05) is 13.8 Å². The fourth-order valence-electron chi connectivity index (χ4n) is 1.92. The zero-order valence-electron chi connectivity index (χ0n) is 11.8. The van der Waals surface area contributed by atoms with Crippen molar-refractivity contribution in [2.45, 2.75) is 46.3 Å². The highest BCUT2D eigenvalue weighted by molar-refractivity contribution is 5.73. The molecule has 19 heavy (non-hydrogen) atoms. The van der Waals surface area contributed by atoms with Crippen LogP contribution in [0.4, 0.5) is 4.79 Å². The van der Waals surface area contributed by atoms with Crippen LogP contribution >= 0.6 is 0 Å². The fourth-order valence-corrected chi connectivity index (χ4v) is 1.92. The molecular formula is C13H23N3O3. The van der Waals surface area contributed by atoms with Crippen LogP contribution in [0, 0.1) is 12.8 Å². The molecule has 0 aromatic carbocycles. The zero-order chi connectivity index (χ0) is 14.3. The molecular weight excluding hydrogens is 246 g/mol. The van der Waals surface area contributed by atoms with Gasteiger partial charge in [-0.1, -0.05) is 26.7 Å². The van der Waals surface area contributed by atoms with E-state index in [0.717, 1.165) is 12.8 Å². The van der Waals surface area contributed by atoms with Crippen molar-refractivity contribution in [1.29, 1.82) is 0 Å². The molecule has 1 aromatic heterocycles. The summed E-state index contributed by atoms with van der Waals surface area (Å²) in [6.45, 7) is 6.43. The molecule has 0 spiro atoms. The predicted octanol–water partition coefficient (Wildman–Crippen LogP) is 1.58. The number of rotatable bonds is 7. The van der Waals surface area contributed by atoms with E-state index < -0.39 is 6.10 Å². The Morgan fingerprint density at radius 3 is 2.63 bits per heavy atom. The molecule has 0 fully saturated rings. The molecule has 1 atom stereocenters. The minimum Gasteiger partial charge on any atom is -0.448 e. The minimum absolute atomic E-state index is 0.220. The van der Waals surface area contributed by atoms with Crippen molar-refractivity contribution in [2.75, 3.05) is 6.54 Å². The number of aliphatic hydroxyl groups is 1. The molecule has 1 aromatic rings. The molecule has 0 aliphatic rings. The second-order valence-corrected chi connectivity index (χ2v) is 4.56. The number of hydrogen-bond acceptors (Lipinski definition) is 4. The number of amides is 2. The van der Waals surface area contributed by atoms with Crippen LogP contribution in [-0.2, 0) is 6.54 Å². The Morgan fingerprint density at radius 1 is 1.42 bits per heavy atom. The van der Waals surface area contributed by atoms with Gasteiger partial charge in [-0.25, -0.2) is 9.78 Å². The van der Waals surface area contributed by atoms with Crippen molar-refractivity contribution in [2.24, 2.45) is 5.92 Å². The molecule has 108 valence electrons. The summed E-state index contributed by atoms with van der Waals surface area (Å²) in [5, 5.41) is 15.2. The van der Waals surface area contributed by atoms with Gasteiger partial charge in [0, 0.05) is 6.54 Å². The van der Waals surface area contributed by atoms with Crippen LogP contribution in [0.25, 0.3) is 0 Å². The molecule has 2 amide bonds. The number of nitrogens with one attached hydrogen (secondary N) is 2. The Bertz CT molecular complexity index is 388. The standard InChI is InChI=1S/C13H23N3O3/c1-4-10(5-2)12(17)7-15-13(18)14-6-11-9(3)19-8-16-11/h8,10,12,17H,4-7H2,1-3H3,(H2,14,15,18). The second-order valence-electron chi connectivity index (χ2n) is 4.56. The van der Waals surface area contributed by atoms with E-state index in [4.69, 9.17) is 4.42 Å². The Hall–Kier alpha value is -1.56. The maximum Gasteiger partial charge on any atom is 0.315 e. The van der Waals surface area contributed by atoms with Crippen LogP contribution in [0.3, 0.4) is 0 Å². The third kappa shape index (κ3) is 4.90. The molecule has 0 aliphatic carbocycles. The summed E-state index contributed by atoms with van der Waals surface area (Å²) in [4.78, 5) is 15.5. The highest BCUT2D eigenvalue weighted by Gasteiger charge is 2.16. The highest BCUT2D eigenvalue weighted by Crippen LogP contribution is 2.12. The second kappa shape index (κ2) is 7.78. The lowest BCUT2D eigenvalue weighted by Crippen LogP contribution is -2.41. The molecule has 0 saturated heterocycles. The number of nitrogens with zero attached hydrogens (tertiary/aromatic N) is 1. The van der Waals surface area contributed by atoms with Gasteiger partial charge in [0.15, 0.2) is 6.39 Å². The summed E-state index contributed by atoms with van der Waals surface area (Å²) in [6, 6.07) is -0.313. The molecule has 0 saturated carbocycles. The largest absolute Gasteiger partial charge is 0.448 e. The first-order valence-electron chi connectivity index (χ1n) is 6.67. The lowest BCUT2D eigenvalue weighted by molar-refractivity contribution is 0.103. The third-order valence-electron chi connectivity index (χ3n) is 3.33. The summed E-state index contributed by atoms with van der Waals surface area (Å²) < 4.78 is 5.03. The first-order valence-corrected chi connectivity index (χ1v) is 6.67. The van der Waals surface area contributed by atoms with E-state index in [1.54, 1.807) is 6.92 Å². The summed E-state index contributed by atoms with van der Waals surface area (Å²) >= 11 is 0. The quantitative estimate of drug-likeness (QED) is 0.701. The third-order valence-corrected chi connectivity index (χ3v) is 3.33. The van der Waals surface area contributed by atoms with Gasteiger partial charge in [0.25, 0.3) is 0 Å². The van der Waals surface area contributed by atoms with E-state index >= 15 is 0 Å². The average Bonchev–Trinajstić information content (AvgIpc) is 2.81. The SMILES string of the molecule is CCC(CC)C(O)CNC(=O)NCc1ncoc1C. The molecule has 0 radical (unpaired) electrons. The Labute approximate surface area is 113 Å². The Morgan fingerprint density at radius 2 is 2.11 bits per heavy atom. The summed E-state index contributed by atoms with van der Waals surface area (Å²) in [5.74, 6) is 0.912. The Kier molecular flexibility index (Phi) is 6.35. The summed E-state index contributed by atoms with van der Waals surface area (Å²) in [6.07, 6.45) is 2.65. The first kappa shape index (κ1) is 15.5. The lowest BCUT2D eigenvalue weighted by atomic mass is 9.97. The van der Waals surface area contributed by atoms with Gasteiger partial charge in [-0.05, 0) is 12.8 Å². The summed E-state index contributed by atoms with van der Waals surface area (Å²) in [5.41, 5.74) is 0.704.